The predicted molar refractivity (Wildman–Crippen MR) is 133 cm³/mol. The molecule has 0 aliphatic heterocycles. The minimum atomic E-state index is -1.14. The van der Waals surface area contributed by atoms with Crippen LogP contribution >= 0.6 is 23.5 Å². The second-order valence-corrected chi connectivity index (χ2v) is 9.34. The van der Waals surface area contributed by atoms with Gasteiger partial charge in [-0.1, -0.05) is 29.5 Å². The van der Waals surface area contributed by atoms with Crippen LogP contribution in [-0.2, 0) is 0 Å². The van der Waals surface area contributed by atoms with Gasteiger partial charge >= 0.3 is 0 Å². The third-order valence-electron chi connectivity index (χ3n) is 4.71. The minimum absolute atomic E-state index is 0.00311. The molecule has 4 rings (SSSR count). The molecule has 0 amide bonds. The lowest BCUT2D eigenvalue weighted by atomic mass is 10.0. The van der Waals surface area contributed by atoms with E-state index in [4.69, 9.17) is 11.6 Å². The molecule has 2 aromatic carbocycles. The summed E-state index contributed by atoms with van der Waals surface area (Å²) in [4.78, 5) is 8.54. The Labute approximate surface area is 209 Å². The van der Waals surface area contributed by atoms with E-state index >= 15 is 0 Å². The van der Waals surface area contributed by atoms with E-state index in [1.165, 1.54) is 6.07 Å². The normalized spacial score (nSPS) is 11.4. The molecule has 0 spiro atoms. The molecule has 0 fully saturated rings. The summed E-state index contributed by atoms with van der Waals surface area (Å²) < 4.78 is 27.6. The molecular weight excluding hydrogens is 494 g/mol. The fraction of sp³-hybridized carbons (Fsp3) is 0.120. The van der Waals surface area contributed by atoms with Crippen LogP contribution in [0.2, 0.25) is 5.15 Å². The second-order valence-electron chi connectivity index (χ2n) is 8.01. The van der Waals surface area contributed by atoms with Crippen molar-refractivity contribution in [3.8, 4) is 23.0 Å². The van der Waals surface area contributed by atoms with Crippen molar-refractivity contribution in [1.82, 2.24) is 14.5 Å². The van der Waals surface area contributed by atoms with Gasteiger partial charge in [0.25, 0.3) is 0 Å². The van der Waals surface area contributed by atoms with Gasteiger partial charge in [-0.3, -0.25) is 15.6 Å². The van der Waals surface area contributed by atoms with Gasteiger partial charge in [0.15, 0.2) is 5.15 Å². The van der Waals surface area contributed by atoms with Crippen molar-refractivity contribution in [2.75, 3.05) is 5.43 Å². The average molecular weight is 513 g/mol. The maximum atomic E-state index is 13.9. The summed E-state index contributed by atoms with van der Waals surface area (Å²) in [6.45, 7) is 3.21. The van der Waals surface area contributed by atoms with Crippen LogP contribution in [0, 0.1) is 23.5 Å². The molecule has 0 unspecified atom stereocenters. The maximum Gasteiger partial charge on any atom is 0.153 e. The number of hydrogen-bond donors (Lipinski definition) is 3. The van der Waals surface area contributed by atoms with E-state index in [9.17, 15) is 19.1 Å². The fourth-order valence-corrected chi connectivity index (χ4v) is 3.86. The first-order valence-electron chi connectivity index (χ1n) is 10.3. The third kappa shape index (κ3) is 6.25. The first kappa shape index (κ1) is 24.9. The Hall–Kier alpha value is -3.26. The van der Waals surface area contributed by atoms with E-state index < -0.39 is 17.2 Å². The van der Waals surface area contributed by atoms with Crippen molar-refractivity contribution in [3.05, 3.63) is 83.3 Å². The van der Waals surface area contributed by atoms with Crippen molar-refractivity contribution in [3.63, 3.8) is 0 Å². The standard InChI is InChI=1S/C25H19ClF2N4O2S/c1-25(2,33)9-7-15-8-10-29-21-5-3-16(11-19(15)21)17-12-22(24(26)30-14-17)31-32(34)35-23-6-4-18(27)13-20(23)28/h3-6,8,10-14,31,33-34H,1-2H3. The molecule has 0 aliphatic rings. The Morgan fingerprint density at radius 1 is 1.06 bits per heavy atom. The third-order valence-corrected chi connectivity index (χ3v) is 5.81. The van der Waals surface area contributed by atoms with Crippen LogP contribution in [0.25, 0.3) is 22.0 Å². The Bertz CT molecular complexity index is 1470. The molecule has 0 saturated heterocycles. The topological polar surface area (TPSA) is 81.5 Å². The fourth-order valence-electron chi connectivity index (χ4n) is 3.11. The van der Waals surface area contributed by atoms with Crippen molar-refractivity contribution < 1.29 is 19.1 Å². The summed E-state index contributed by atoms with van der Waals surface area (Å²) in [6, 6.07) is 12.0. The van der Waals surface area contributed by atoms with Gasteiger partial charge in [-0.25, -0.2) is 13.8 Å². The van der Waals surface area contributed by atoms with Crippen molar-refractivity contribution in [1.29, 1.82) is 0 Å². The molecule has 4 aromatic rings. The number of fused-ring (bicyclic) bond motifs is 1. The number of hydrazine groups is 1. The van der Waals surface area contributed by atoms with Crippen LogP contribution in [0.15, 0.2) is 65.8 Å². The highest BCUT2D eigenvalue weighted by Crippen LogP contribution is 2.31. The average Bonchev–Trinajstić information content (AvgIpc) is 2.80. The Balaban J connectivity index is 1.63. The summed E-state index contributed by atoms with van der Waals surface area (Å²) in [5.41, 5.74) is 4.65. The number of rotatable bonds is 5. The van der Waals surface area contributed by atoms with E-state index in [1.807, 2.05) is 18.2 Å². The quantitative estimate of drug-likeness (QED) is 0.129. The second kappa shape index (κ2) is 10.2. The van der Waals surface area contributed by atoms with Crippen LogP contribution in [0.1, 0.15) is 19.4 Å². The molecule has 0 radical (unpaired) electrons. The number of aromatic nitrogens is 2. The van der Waals surface area contributed by atoms with E-state index in [0.29, 0.717) is 27.7 Å². The van der Waals surface area contributed by atoms with Gasteiger partial charge in [0, 0.05) is 46.9 Å². The van der Waals surface area contributed by atoms with E-state index in [-0.39, 0.29) is 15.7 Å². The van der Waals surface area contributed by atoms with Crippen LogP contribution in [0.4, 0.5) is 14.5 Å². The Morgan fingerprint density at radius 3 is 2.60 bits per heavy atom. The summed E-state index contributed by atoms with van der Waals surface area (Å²) in [5, 5.41) is 21.0. The number of pyridine rings is 2. The van der Waals surface area contributed by atoms with Gasteiger partial charge in [0.2, 0.25) is 0 Å². The summed E-state index contributed by atoms with van der Waals surface area (Å²) in [6.07, 6.45) is 3.22. The van der Waals surface area contributed by atoms with E-state index in [2.05, 4.69) is 27.2 Å². The van der Waals surface area contributed by atoms with Crippen LogP contribution in [0.3, 0.4) is 0 Å². The molecule has 35 heavy (non-hydrogen) atoms. The summed E-state index contributed by atoms with van der Waals surface area (Å²) >= 11 is 6.79. The maximum absolute atomic E-state index is 13.9. The highest BCUT2D eigenvalue weighted by molar-refractivity contribution is 7.97. The molecule has 10 heteroatoms. The zero-order chi connectivity index (χ0) is 25.2. The summed E-state index contributed by atoms with van der Waals surface area (Å²) in [5.74, 6) is 4.27. The number of hydrogen-bond acceptors (Lipinski definition) is 7. The molecule has 0 aliphatic carbocycles. The molecule has 0 bridgehead atoms. The number of aliphatic hydroxyl groups is 1. The Kier molecular flexibility index (Phi) is 7.21. The molecule has 6 nitrogen and oxygen atoms in total. The van der Waals surface area contributed by atoms with Crippen molar-refractivity contribution in [2.45, 2.75) is 24.3 Å². The number of halogens is 3. The first-order chi connectivity index (χ1) is 16.6. The molecule has 178 valence electrons. The highest BCUT2D eigenvalue weighted by Gasteiger charge is 2.14. The molecule has 2 aromatic heterocycles. The lowest BCUT2D eigenvalue weighted by Crippen LogP contribution is -2.19. The minimum Gasteiger partial charge on any atom is -0.378 e. The largest absolute Gasteiger partial charge is 0.378 e. The molecule has 0 atom stereocenters. The molecule has 3 N–H and O–H groups in total. The van der Waals surface area contributed by atoms with Gasteiger partial charge in [-0.05, 0) is 60.4 Å². The van der Waals surface area contributed by atoms with Gasteiger partial charge in [0.05, 0.1) is 16.1 Å². The Morgan fingerprint density at radius 2 is 1.86 bits per heavy atom. The van der Waals surface area contributed by atoms with Gasteiger partial charge < -0.3 is 5.11 Å². The highest BCUT2D eigenvalue weighted by atomic mass is 35.5. The van der Waals surface area contributed by atoms with Crippen molar-refractivity contribution in [2.24, 2.45) is 0 Å². The van der Waals surface area contributed by atoms with Crippen LogP contribution in [-0.4, -0.2) is 30.5 Å². The van der Waals surface area contributed by atoms with Crippen LogP contribution in [0.5, 0.6) is 0 Å². The first-order valence-corrected chi connectivity index (χ1v) is 11.4. The van der Waals surface area contributed by atoms with Gasteiger partial charge in [0.1, 0.15) is 17.2 Å². The number of nitrogens with zero attached hydrogens (tertiary/aromatic N) is 3. The molecular formula is C25H19ClF2N4O2S. The monoisotopic (exact) mass is 512 g/mol. The number of anilines is 1. The van der Waals surface area contributed by atoms with Gasteiger partial charge in [-0.2, -0.15) is 0 Å². The smallest absolute Gasteiger partial charge is 0.153 e. The van der Waals surface area contributed by atoms with Gasteiger partial charge in [-0.15, -0.1) is 0 Å². The molecule has 2 heterocycles. The zero-order valence-electron chi connectivity index (χ0n) is 18.6. The predicted octanol–water partition coefficient (Wildman–Crippen LogP) is 6.08. The number of nitrogens with one attached hydrogen (secondary N) is 1. The SMILES string of the molecule is CC(C)(O)C#Cc1ccnc2ccc(-c3cnc(Cl)c(NN(O)Sc4ccc(F)cc4F)c3)cc12. The van der Waals surface area contributed by atoms with E-state index in [1.54, 1.807) is 38.4 Å². The van der Waals surface area contributed by atoms with Crippen LogP contribution < -0.4 is 5.43 Å². The zero-order valence-corrected chi connectivity index (χ0v) is 20.1. The molecule has 0 saturated carbocycles. The summed E-state index contributed by atoms with van der Waals surface area (Å²) in [7, 11) is 0. The number of benzene rings is 2. The van der Waals surface area contributed by atoms with Crippen molar-refractivity contribution >= 4 is 40.1 Å². The lowest BCUT2D eigenvalue weighted by molar-refractivity contribution is 0.0436. The van der Waals surface area contributed by atoms with E-state index in [0.717, 1.165) is 28.6 Å². The lowest BCUT2D eigenvalue weighted by Gasteiger charge is -2.17.